The Labute approximate surface area is 670 Å². The SMILES string of the molecule is C#CCNC(=O)OC(C)(C)C.CC.CCO.COc1ccc(Cn2c(C#CCCC(=O)OC(C)(C)C)cc(=O)n(Cc3ccc(OC)cc3)c2=O)cc1.COc1ccc(Cn2c(I)cc(=O)n(Cc3ccc(OC)cc3)c2=O)cc1.O=c1cc(Cl)[nH]c(=O)[nH]1.O=c1cc(I)[nH]c(=O)[nH]1.[I-].[K+]. The van der Waals surface area contributed by atoms with Crippen molar-refractivity contribution in [2.75, 3.05) is 41.6 Å². The molecule has 6 N–H and O–H groups in total. The molecule has 0 unspecified atom stereocenters. The molecule has 1 amide bonds. The monoisotopic (exact) mass is 1760 g/mol. The third kappa shape index (κ3) is 36.4. The molecule has 0 atom stereocenters. The summed E-state index contributed by atoms with van der Waals surface area (Å²) in [6.45, 7) is 17.8. The number of H-pyrrole nitrogens is 4. The van der Waals surface area contributed by atoms with Gasteiger partial charge in [0.2, 0.25) is 0 Å². The average Bonchev–Trinajstić information content (AvgIpc) is 0.803. The van der Waals surface area contributed by atoms with E-state index in [9.17, 15) is 47.9 Å². The number of alkyl carbamates (subject to hydrolysis) is 1. The van der Waals surface area contributed by atoms with Crippen molar-refractivity contribution in [2.24, 2.45) is 0 Å². The van der Waals surface area contributed by atoms with E-state index in [2.05, 4.69) is 33.0 Å². The van der Waals surface area contributed by atoms with Crippen molar-refractivity contribution in [2.45, 2.75) is 113 Å². The fourth-order valence-electron chi connectivity index (χ4n) is 7.57. The normalized spacial score (nSPS) is 9.92. The fraction of sp³-hybridized carbons (Fsp3) is 0.333. The van der Waals surface area contributed by atoms with Crippen molar-refractivity contribution in [3.8, 4) is 47.2 Å². The standard InChI is InChI=1S/C29H32N2O6.C20H19IN2O4.C8H13NO2.C4H3ClN2O2.C4H3IN2O2.C2H6O.C2H6.HI.K/c1-29(2,3)37-27(33)9-7-6-8-23-18-26(32)31(20-22-12-16-25(36-5)17-13-22)28(34)30(23)19-21-10-14-24(35-4)15-11-21;1-26-16-7-3-14(4-8-16)12-22-18(21)11-19(24)23(20(22)25)13-15-5-9-17(27-2)10-6-15;1-5-6-9-7(10)11-8(2,3)4;2*5-2-1-3(8)7-4(9)6-2;1-2-3;1-2;;/h10-18H,7,9,19-20H2,1-5H3;3-11H,12-13H2,1-2H3;1H,6H2,2-4H3,(H,9,10);2*1H,(H2,6,7,8,9);3H,2H2,1H3;1-2H3;1H;/q;;;;;;;;+1/p-1. The van der Waals surface area contributed by atoms with Gasteiger partial charge in [-0.05, 0) is 170 Å². The van der Waals surface area contributed by atoms with Crippen LogP contribution in [0.2, 0.25) is 5.15 Å². The van der Waals surface area contributed by atoms with Crippen LogP contribution in [0.4, 0.5) is 4.79 Å². The van der Waals surface area contributed by atoms with Crippen LogP contribution in [0, 0.1) is 31.6 Å². The van der Waals surface area contributed by atoms with Crippen molar-refractivity contribution < 1.29 is 118 Å². The van der Waals surface area contributed by atoms with E-state index in [4.69, 9.17) is 51.6 Å². The minimum absolute atomic E-state index is 0. The molecule has 8 aromatic rings. The fourth-order valence-corrected chi connectivity index (χ4v) is 8.93. The third-order valence-electron chi connectivity index (χ3n) is 11.8. The number of aromatic amines is 4. The van der Waals surface area contributed by atoms with E-state index < -0.39 is 45.5 Å². The van der Waals surface area contributed by atoms with Crippen molar-refractivity contribution in [3.05, 3.63) is 245 Å². The molecule has 0 aliphatic heterocycles. The van der Waals surface area contributed by atoms with Crippen molar-refractivity contribution in [3.63, 3.8) is 0 Å². The number of terminal acetylenes is 1. The molecule has 0 saturated heterocycles. The second-order valence-electron chi connectivity index (χ2n) is 21.6. The summed E-state index contributed by atoms with van der Waals surface area (Å²) in [6, 6.07) is 34.5. The molecular formula is C69H82ClI3KN9O17. The summed E-state index contributed by atoms with van der Waals surface area (Å²) in [5, 5.41) is 10.0. The van der Waals surface area contributed by atoms with Gasteiger partial charge >= 0.3 is 86.2 Å². The first-order valence-corrected chi connectivity index (χ1v) is 32.4. The van der Waals surface area contributed by atoms with Gasteiger partial charge < -0.3 is 67.8 Å². The Bertz CT molecular complexity index is 4320. The van der Waals surface area contributed by atoms with Gasteiger partial charge in [0.05, 0.1) is 75.0 Å². The number of nitrogens with zero attached hydrogens (tertiary/aromatic N) is 4. The van der Waals surface area contributed by atoms with Crippen LogP contribution in [-0.2, 0) is 40.4 Å². The first kappa shape index (κ1) is 92.7. The number of rotatable bonds is 15. The van der Waals surface area contributed by atoms with Gasteiger partial charge in [0.1, 0.15) is 45.0 Å². The molecule has 4 aromatic carbocycles. The van der Waals surface area contributed by atoms with E-state index in [1.54, 1.807) is 106 Å². The second kappa shape index (κ2) is 48.5. The number of aliphatic hydroxyl groups is 1. The number of carbonyl (C=O) groups is 2. The molecule has 534 valence electrons. The maximum atomic E-state index is 13.5. The van der Waals surface area contributed by atoms with Crippen LogP contribution < -0.4 is 145 Å². The molecule has 31 heteroatoms. The summed E-state index contributed by atoms with van der Waals surface area (Å²) in [6.07, 6.45) is 4.79. The molecule has 0 saturated carbocycles. The van der Waals surface area contributed by atoms with Crippen LogP contribution in [0.15, 0.2) is 160 Å². The van der Waals surface area contributed by atoms with E-state index >= 15 is 0 Å². The minimum atomic E-state index is -0.590. The van der Waals surface area contributed by atoms with Crippen molar-refractivity contribution in [1.82, 2.24) is 43.5 Å². The van der Waals surface area contributed by atoms with Crippen molar-refractivity contribution >= 4 is 68.8 Å². The Hall–Kier alpha value is -7.26. The van der Waals surface area contributed by atoms with Gasteiger partial charge in [-0.15, -0.1) is 6.42 Å². The number of ether oxygens (including phenoxy) is 6. The second-order valence-corrected chi connectivity index (χ2v) is 24.3. The van der Waals surface area contributed by atoms with Crippen LogP contribution in [-0.4, -0.2) is 108 Å². The topological polar surface area (TPSA) is 341 Å². The van der Waals surface area contributed by atoms with Crippen molar-refractivity contribution in [1.29, 1.82) is 0 Å². The number of carbonyl (C=O) groups excluding carboxylic acids is 2. The van der Waals surface area contributed by atoms with Crippen LogP contribution >= 0.6 is 56.8 Å². The zero-order valence-electron chi connectivity index (χ0n) is 58.1. The van der Waals surface area contributed by atoms with Crippen LogP contribution in [0.25, 0.3) is 0 Å². The summed E-state index contributed by atoms with van der Waals surface area (Å²) in [5.41, 5.74) is -0.828. The van der Waals surface area contributed by atoms with Gasteiger partial charge in [0.15, 0.2) is 0 Å². The number of amides is 1. The predicted molar refractivity (Wildman–Crippen MR) is 393 cm³/mol. The summed E-state index contributed by atoms with van der Waals surface area (Å²) < 4.78 is 37.5. The minimum Gasteiger partial charge on any atom is -1.00 e. The van der Waals surface area contributed by atoms with Crippen LogP contribution in [0.1, 0.15) is 103 Å². The first-order chi connectivity index (χ1) is 46.3. The van der Waals surface area contributed by atoms with E-state index in [0.717, 1.165) is 39.8 Å². The summed E-state index contributed by atoms with van der Waals surface area (Å²) >= 11 is 9.15. The molecule has 0 radical (unpaired) electrons. The summed E-state index contributed by atoms with van der Waals surface area (Å²) in [5.74, 6) is 10.6. The molecule has 100 heavy (non-hydrogen) atoms. The van der Waals surface area contributed by atoms with Gasteiger partial charge in [0.25, 0.3) is 22.2 Å². The van der Waals surface area contributed by atoms with Gasteiger partial charge in [-0.1, -0.05) is 85.8 Å². The van der Waals surface area contributed by atoms with E-state index in [1.165, 1.54) is 31.9 Å². The van der Waals surface area contributed by atoms with Gasteiger partial charge in [-0.3, -0.25) is 57.2 Å². The molecule has 26 nitrogen and oxygen atoms in total. The third-order valence-corrected chi connectivity index (χ3v) is 13.5. The number of nitrogens with one attached hydrogen (secondary N) is 5. The number of aromatic nitrogens is 8. The number of halogens is 4. The van der Waals surface area contributed by atoms with E-state index in [1.807, 2.05) is 142 Å². The summed E-state index contributed by atoms with van der Waals surface area (Å²) in [4.78, 5) is 125. The zero-order valence-corrected chi connectivity index (χ0v) is 68.4. The maximum absolute atomic E-state index is 13.5. The average molecular weight is 1760 g/mol. The predicted octanol–water partition coefficient (Wildman–Crippen LogP) is 1.89. The molecule has 0 bridgehead atoms. The number of methoxy groups -OCH3 is 4. The Morgan fingerprint density at radius 2 is 0.920 bits per heavy atom. The smallest absolute Gasteiger partial charge is 1.00 e. The Morgan fingerprint density at radius 3 is 1.27 bits per heavy atom. The van der Waals surface area contributed by atoms with E-state index in [-0.39, 0.29) is 155 Å². The van der Waals surface area contributed by atoms with Gasteiger partial charge in [-0.2, -0.15) is 0 Å². The number of hydrogen-bond acceptors (Lipinski definition) is 17. The number of benzene rings is 4. The molecule has 0 fully saturated rings. The van der Waals surface area contributed by atoms with E-state index in [0.29, 0.717) is 25.4 Å². The van der Waals surface area contributed by atoms with Crippen LogP contribution in [0.5, 0.6) is 23.0 Å². The Balaban J connectivity index is 0.00000134. The molecular weight excluding hydrogens is 1680 g/mol. The maximum Gasteiger partial charge on any atom is 1.00 e. The van der Waals surface area contributed by atoms with Crippen LogP contribution in [0.3, 0.4) is 0 Å². The molecule has 4 heterocycles. The Morgan fingerprint density at radius 1 is 0.560 bits per heavy atom. The number of hydrogen-bond donors (Lipinski definition) is 6. The quantitative estimate of drug-likeness (QED) is 0.0281. The molecule has 8 rings (SSSR count). The summed E-state index contributed by atoms with van der Waals surface area (Å²) in [7, 11) is 6.36. The zero-order chi connectivity index (χ0) is 73.7. The Kier molecular flexibility index (Phi) is 45.0. The van der Waals surface area contributed by atoms with Gasteiger partial charge in [-0.25, -0.2) is 24.0 Å². The molecule has 0 spiro atoms. The first-order valence-electron chi connectivity index (χ1n) is 29.9. The molecule has 4 aromatic heterocycles. The molecule has 0 aliphatic carbocycles. The molecule has 0 aliphatic rings. The number of esters is 1. The largest absolute Gasteiger partial charge is 1.00 e. The van der Waals surface area contributed by atoms with Gasteiger partial charge in [0, 0.05) is 37.3 Å². The number of aliphatic hydroxyl groups excluding tert-OH is 1.